The molecule has 18 heavy (non-hydrogen) atoms. The Morgan fingerprint density at radius 2 is 1.67 bits per heavy atom. The molecule has 3 heteroatoms. The van der Waals surface area contributed by atoms with Gasteiger partial charge in [0.05, 0.1) is 12.7 Å². The molecule has 0 saturated heterocycles. The quantitative estimate of drug-likeness (QED) is 0.619. The van der Waals surface area contributed by atoms with Crippen molar-refractivity contribution in [3.05, 3.63) is 0 Å². The van der Waals surface area contributed by atoms with Crippen LogP contribution in [0.25, 0.3) is 0 Å². The number of aliphatic hydroxyl groups is 1. The van der Waals surface area contributed by atoms with E-state index >= 15 is 0 Å². The summed E-state index contributed by atoms with van der Waals surface area (Å²) < 4.78 is 5.59. The summed E-state index contributed by atoms with van der Waals surface area (Å²) in [6, 6.07) is 0. The molecule has 0 aromatic rings. The van der Waals surface area contributed by atoms with Gasteiger partial charge in [-0.05, 0) is 44.3 Å². The summed E-state index contributed by atoms with van der Waals surface area (Å²) in [7, 11) is 0. The van der Waals surface area contributed by atoms with Crippen molar-refractivity contribution in [3.63, 3.8) is 0 Å². The summed E-state index contributed by atoms with van der Waals surface area (Å²) in [5, 5.41) is 9.69. The molecule has 0 aromatic carbocycles. The Hall–Kier alpha value is -0.120. The van der Waals surface area contributed by atoms with Crippen LogP contribution >= 0.6 is 0 Å². The predicted octanol–water partition coefficient (Wildman–Crippen LogP) is 2.78. The lowest BCUT2D eigenvalue weighted by atomic mass is 10.1. The molecule has 0 radical (unpaired) electrons. The standard InChI is InChI=1S/C15H33NO2/c1-6-16(7-2)9-8-14(5)11-18-12-15(17)10-13(3)4/h13-15,17H,6-12H2,1-5H3. The third kappa shape index (κ3) is 9.86. The molecule has 0 aromatic heterocycles. The van der Waals surface area contributed by atoms with E-state index in [0.717, 1.165) is 32.7 Å². The summed E-state index contributed by atoms with van der Waals surface area (Å²) in [5.41, 5.74) is 0. The zero-order valence-electron chi connectivity index (χ0n) is 13.0. The molecule has 1 N–H and O–H groups in total. The van der Waals surface area contributed by atoms with Crippen molar-refractivity contribution in [2.45, 2.75) is 53.6 Å². The highest BCUT2D eigenvalue weighted by Gasteiger charge is 2.09. The van der Waals surface area contributed by atoms with Crippen LogP contribution in [0.5, 0.6) is 0 Å². The van der Waals surface area contributed by atoms with Crippen molar-refractivity contribution in [1.29, 1.82) is 0 Å². The Labute approximate surface area is 114 Å². The fourth-order valence-electron chi connectivity index (χ4n) is 2.04. The van der Waals surface area contributed by atoms with Crippen LogP contribution < -0.4 is 0 Å². The van der Waals surface area contributed by atoms with E-state index in [1.807, 2.05) is 0 Å². The molecular weight excluding hydrogens is 226 g/mol. The summed E-state index contributed by atoms with van der Waals surface area (Å²) in [5.74, 6) is 1.10. The number of nitrogens with zero attached hydrogens (tertiary/aromatic N) is 1. The van der Waals surface area contributed by atoms with Crippen molar-refractivity contribution in [2.75, 3.05) is 32.8 Å². The maximum Gasteiger partial charge on any atom is 0.0776 e. The van der Waals surface area contributed by atoms with Gasteiger partial charge < -0.3 is 14.7 Å². The Bertz CT molecular complexity index is 181. The minimum Gasteiger partial charge on any atom is -0.391 e. The highest BCUT2D eigenvalue weighted by molar-refractivity contribution is 4.60. The summed E-state index contributed by atoms with van der Waals surface area (Å²) >= 11 is 0. The van der Waals surface area contributed by atoms with Crippen molar-refractivity contribution in [2.24, 2.45) is 11.8 Å². The summed E-state index contributed by atoms with van der Waals surface area (Å²) in [4.78, 5) is 2.43. The molecule has 0 aliphatic rings. The van der Waals surface area contributed by atoms with Crippen LogP contribution in [0.4, 0.5) is 0 Å². The molecule has 0 rings (SSSR count). The zero-order valence-corrected chi connectivity index (χ0v) is 13.0. The Balaban J connectivity index is 3.55. The third-order valence-electron chi connectivity index (χ3n) is 3.29. The normalized spacial score (nSPS) is 15.3. The minimum atomic E-state index is -0.306. The van der Waals surface area contributed by atoms with E-state index in [0.29, 0.717) is 18.4 Å². The average molecular weight is 259 g/mol. The fourth-order valence-corrected chi connectivity index (χ4v) is 2.04. The molecule has 110 valence electrons. The first-order chi connectivity index (χ1) is 8.49. The van der Waals surface area contributed by atoms with Gasteiger partial charge >= 0.3 is 0 Å². The number of ether oxygens (including phenoxy) is 1. The van der Waals surface area contributed by atoms with Crippen LogP contribution in [0.3, 0.4) is 0 Å². The molecule has 0 saturated carbocycles. The molecule has 0 fully saturated rings. The molecule has 0 spiro atoms. The van der Waals surface area contributed by atoms with E-state index in [1.165, 1.54) is 6.42 Å². The van der Waals surface area contributed by atoms with Crippen LogP contribution in [-0.2, 0) is 4.74 Å². The first-order valence-electron chi connectivity index (χ1n) is 7.47. The van der Waals surface area contributed by atoms with E-state index in [2.05, 4.69) is 39.5 Å². The molecule has 3 nitrogen and oxygen atoms in total. The molecule has 0 aliphatic carbocycles. The second kappa shape index (κ2) is 10.8. The monoisotopic (exact) mass is 259 g/mol. The maximum atomic E-state index is 9.69. The van der Waals surface area contributed by atoms with Gasteiger partial charge in [0.2, 0.25) is 0 Å². The van der Waals surface area contributed by atoms with Gasteiger partial charge in [0.25, 0.3) is 0 Å². The van der Waals surface area contributed by atoms with Gasteiger partial charge in [-0.15, -0.1) is 0 Å². The highest BCUT2D eigenvalue weighted by atomic mass is 16.5. The van der Waals surface area contributed by atoms with Gasteiger partial charge in [-0.25, -0.2) is 0 Å². The number of hydrogen-bond donors (Lipinski definition) is 1. The van der Waals surface area contributed by atoms with E-state index in [4.69, 9.17) is 4.74 Å². The second-order valence-electron chi connectivity index (χ2n) is 5.74. The van der Waals surface area contributed by atoms with Crippen LogP contribution in [-0.4, -0.2) is 49.0 Å². The Morgan fingerprint density at radius 3 is 2.17 bits per heavy atom. The van der Waals surface area contributed by atoms with E-state index in [9.17, 15) is 5.11 Å². The molecule has 0 amide bonds. The highest BCUT2D eigenvalue weighted by Crippen LogP contribution is 2.07. The lowest BCUT2D eigenvalue weighted by molar-refractivity contribution is 0.0126. The van der Waals surface area contributed by atoms with Gasteiger partial charge in [-0.3, -0.25) is 0 Å². The number of hydrogen-bond acceptors (Lipinski definition) is 3. The SMILES string of the molecule is CCN(CC)CCC(C)COCC(O)CC(C)C. The average Bonchev–Trinajstić information content (AvgIpc) is 2.29. The topological polar surface area (TPSA) is 32.7 Å². The predicted molar refractivity (Wildman–Crippen MR) is 77.8 cm³/mol. The van der Waals surface area contributed by atoms with Crippen LogP contribution in [0.2, 0.25) is 0 Å². The first-order valence-corrected chi connectivity index (χ1v) is 7.47. The first kappa shape index (κ1) is 17.9. The molecule has 2 unspecified atom stereocenters. The van der Waals surface area contributed by atoms with E-state index < -0.39 is 0 Å². The van der Waals surface area contributed by atoms with Gasteiger partial charge in [0, 0.05) is 6.61 Å². The lowest BCUT2D eigenvalue weighted by Crippen LogP contribution is -2.26. The maximum absolute atomic E-state index is 9.69. The Kier molecular flexibility index (Phi) is 10.7. The van der Waals surface area contributed by atoms with Crippen molar-refractivity contribution in [3.8, 4) is 0 Å². The summed E-state index contributed by atoms with van der Waals surface area (Å²) in [6.07, 6.45) is 1.69. The molecule has 0 aliphatic heterocycles. The van der Waals surface area contributed by atoms with Crippen LogP contribution in [0, 0.1) is 11.8 Å². The lowest BCUT2D eigenvalue weighted by Gasteiger charge is -2.21. The fraction of sp³-hybridized carbons (Fsp3) is 1.00. The van der Waals surface area contributed by atoms with E-state index in [1.54, 1.807) is 0 Å². The van der Waals surface area contributed by atoms with Gasteiger partial charge in [-0.2, -0.15) is 0 Å². The molecule has 2 atom stereocenters. The smallest absolute Gasteiger partial charge is 0.0776 e. The van der Waals surface area contributed by atoms with E-state index in [-0.39, 0.29) is 6.10 Å². The zero-order chi connectivity index (χ0) is 14.0. The number of rotatable bonds is 11. The second-order valence-corrected chi connectivity index (χ2v) is 5.74. The molecule has 0 bridgehead atoms. The van der Waals surface area contributed by atoms with Crippen LogP contribution in [0.1, 0.15) is 47.5 Å². The third-order valence-corrected chi connectivity index (χ3v) is 3.29. The molecule has 0 heterocycles. The Morgan fingerprint density at radius 1 is 1.06 bits per heavy atom. The minimum absolute atomic E-state index is 0.306. The van der Waals surface area contributed by atoms with Crippen molar-refractivity contribution in [1.82, 2.24) is 4.90 Å². The van der Waals surface area contributed by atoms with Crippen molar-refractivity contribution >= 4 is 0 Å². The van der Waals surface area contributed by atoms with Crippen LogP contribution in [0.15, 0.2) is 0 Å². The summed E-state index contributed by atoms with van der Waals surface area (Å²) in [6.45, 7) is 15.5. The van der Waals surface area contributed by atoms with Gasteiger partial charge in [0.15, 0.2) is 0 Å². The van der Waals surface area contributed by atoms with Gasteiger partial charge in [0.1, 0.15) is 0 Å². The number of aliphatic hydroxyl groups excluding tert-OH is 1. The largest absolute Gasteiger partial charge is 0.391 e. The van der Waals surface area contributed by atoms with Crippen molar-refractivity contribution < 1.29 is 9.84 Å². The van der Waals surface area contributed by atoms with Gasteiger partial charge in [-0.1, -0.05) is 34.6 Å². The molecular formula is C15H33NO2.